The van der Waals surface area contributed by atoms with Crippen molar-refractivity contribution in [2.24, 2.45) is 5.73 Å². The summed E-state index contributed by atoms with van der Waals surface area (Å²) in [5.74, 6) is 0. The van der Waals surface area contributed by atoms with Crippen LogP contribution in [-0.4, -0.2) is 19.6 Å². The highest BCUT2D eigenvalue weighted by Crippen LogP contribution is 2.13. The predicted octanol–water partition coefficient (Wildman–Crippen LogP) is 8.92. The van der Waals surface area contributed by atoms with Crippen LogP contribution in [0, 0.1) is 0 Å². The Morgan fingerprint density at radius 3 is 0.933 bits per heavy atom. The fourth-order valence-electron chi connectivity index (χ4n) is 4.38. The van der Waals surface area contributed by atoms with Gasteiger partial charge >= 0.3 is 0 Å². The summed E-state index contributed by atoms with van der Waals surface area (Å²) in [6.45, 7) is 5.64. The molecule has 0 aromatic heterocycles. The molecule has 30 heavy (non-hydrogen) atoms. The zero-order valence-electron chi connectivity index (χ0n) is 21.2. The van der Waals surface area contributed by atoms with E-state index in [2.05, 4.69) is 12.2 Å². The van der Waals surface area contributed by atoms with Crippen LogP contribution in [-0.2, 0) is 0 Å². The molecule has 182 valence electrons. The van der Waals surface area contributed by atoms with Crippen LogP contribution in [0.2, 0.25) is 0 Å². The quantitative estimate of drug-likeness (QED) is 0.129. The van der Waals surface area contributed by atoms with Gasteiger partial charge < -0.3 is 11.1 Å². The van der Waals surface area contributed by atoms with E-state index in [1.54, 1.807) is 0 Å². The monoisotopic (exact) mass is 424 g/mol. The van der Waals surface area contributed by atoms with Crippen LogP contribution in [0.1, 0.15) is 161 Å². The van der Waals surface area contributed by atoms with Gasteiger partial charge in [0.05, 0.1) is 0 Å². The van der Waals surface area contributed by atoms with Crippen molar-refractivity contribution in [2.45, 2.75) is 161 Å². The van der Waals surface area contributed by atoms with E-state index in [0.717, 1.165) is 6.54 Å². The molecule has 0 aliphatic carbocycles. The summed E-state index contributed by atoms with van der Waals surface area (Å²) >= 11 is 0. The first-order chi connectivity index (χ1) is 14.9. The molecule has 0 unspecified atom stereocenters. The van der Waals surface area contributed by atoms with Gasteiger partial charge in [-0.05, 0) is 38.9 Å². The third-order valence-corrected chi connectivity index (χ3v) is 6.51. The van der Waals surface area contributed by atoms with Gasteiger partial charge in [0.25, 0.3) is 0 Å². The van der Waals surface area contributed by atoms with E-state index < -0.39 is 0 Å². The van der Waals surface area contributed by atoms with Crippen molar-refractivity contribution in [3.63, 3.8) is 0 Å². The van der Waals surface area contributed by atoms with Crippen molar-refractivity contribution in [3.05, 3.63) is 0 Å². The van der Waals surface area contributed by atoms with Crippen molar-refractivity contribution < 1.29 is 0 Å². The topological polar surface area (TPSA) is 38.0 Å². The van der Waals surface area contributed by atoms with Gasteiger partial charge in [0.2, 0.25) is 0 Å². The molecule has 0 bridgehead atoms. The van der Waals surface area contributed by atoms with Crippen LogP contribution in [0.25, 0.3) is 0 Å². The SMILES string of the molecule is CCCCCCCCCCCCCCCCNCCCCCCCCCCCCN. The van der Waals surface area contributed by atoms with Crippen molar-refractivity contribution in [1.82, 2.24) is 5.32 Å². The zero-order valence-corrected chi connectivity index (χ0v) is 21.2. The van der Waals surface area contributed by atoms with Crippen molar-refractivity contribution in [2.75, 3.05) is 19.6 Å². The molecular weight excluding hydrogens is 364 g/mol. The Hall–Kier alpha value is -0.0800. The van der Waals surface area contributed by atoms with Gasteiger partial charge in [0.15, 0.2) is 0 Å². The molecule has 0 aromatic carbocycles. The Bertz CT molecular complexity index is 252. The minimum atomic E-state index is 0.868. The summed E-state index contributed by atoms with van der Waals surface area (Å²) in [6, 6.07) is 0. The molecule has 0 fully saturated rings. The first kappa shape index (κ1) is 29.9. The van der Waals surface area contributed by atoms with Gasteiger partial charge in [0.1, 0.15) is 0 Å². The van der Waals surface area contributed by atoms with Crippen molar-refractivity contribution in [1.29, 1.82) is 0 Å². The Labute approximate surface area is 191 Å². The van der Waals surface area contributed by atoms with Gasteiger partial charge in [-0.15, -0.1) is 0 Å². The second-order valence-corrected chi connectivity index (χ2v) is 9.67. The second-order valence-electron chi connectivity index (χ2n) is 9.67. The van der Waals surface area contributed by atoms with Gasteiger partial charge in [-0.2, -0.15) is 0 Å². The van der Waals surface area contributed by atoms with E-state index in [0.29, 0.717) is 0 Å². The molecule has 0 saturated heterocycles. The number of nitrogens with one attached hydrogen (secondary N) is 1. The fourth-order valence-corrected chi connectivity index (χ4v) is 4.38. The van der Waals surface area contributed by atoms with Crippen molar-refractivity contribution in [3.8, 4) is 0 Å². The normalized spacial score (nSPS) is 11.4. The van der Waals surface area contributed by atoms with E-state index in [4.69, 9.17) is 5.73 Å². The van der Waals surface area contributed by atoms with E-state index >= 15 is 0 Å². The summed E-state index contributed by atoms with van der Waals surface area (Å²) in [4.78, 5) is 0. The van der Waals surface area contributed by atoms with Gasteiger partial charge in [-0.25, -0.2) is 0 Å². The lowest BCUT2D eigenvalue weighted by atomic mass is 10.0. The minimum Gasteiger partial charge on any atom is -0.330 e. The largest absolute Gasteiger partial charge is 0.330 e. The summed E-state index contributed by atoms with van der Waals surface area (Å²) in [5.41, 5.74) is 5.52. The maximum atomic E-state index is 5.52. The first-order valence-corrected chi connectivity index (χ1v) is 14.3. The fraction of sp³-hybridized carbons (Fsp3) is 1.00. The lowest BCUT2D eigenvalue weighted by molar-refractivity contribution is 0.520. The first-order valence-electron chi connectivity index (χ1n) is 14.3. The summed E-state index contributed by atoms with van der Waals surface area (Å²) < 4.78 is 0. The van der Waals surface area contributed by atoms with Crippen LogP contribution < -0.4 is 11.1 Å². The van der Waals surface area contributed by atoms with Gasteiger partial charge in [-0.3, -0.25) is 0 Å². The maximum absolute atomic E-state index is 5.52. The highest BCUT2D eigenvalue weighted by molar-refractivity contribution is 4.53. The number of hydrogen-bond donors (Lipinski definition) is 2. The van der Waals surface area contributed by atoms with Gasteiger partial charge in [-0.1, -0.05) is 142 Å². The number of hydrogen-bond acceptors (Lipinski definition) is 2. The molecule has 0 aromatic rings. The molecule has 0 saturated carbocycles. The Kier molecular flexibility index (Phi) is 28.8. The molecule has 0 spiro atoms. The predicted molar refractivity (Wildman–Crippen MR) is 138 cm³/mol. The van der Waals surface area contributed by atoms with E-state index in [-0.39, 0.29) is 0 Å². The molecule has 2 heteroatoms. The average molecular weight is 425 g/mol. The summed E-state index contributed by atoms with van der Waals surface area (Å²) in [5, 5.41) is 3.65. The standard InChI is InChI=1S/C28H60N2/c1-2-3-4-5-6-7-8-9-10-12-15-18-21-24-27-30-28-25-22-19-16-13-11-14-17-20-23-26-29/h30H,2-29H2,1H3. The molecule has 0 rings (SSSR count). The smallest absolute Gasteiger partial charge is 0.00489 e. The van der Waals surface area contributed by atoms with Gasteiger partial charge in [0, 0.05) is 0 Å². The molecule has 0 aliphatic rings. The molecular formula is C28H60N2. The van der Waals surface area contributed by atoms with E-state index in [1.165, 1.54) is 167 Å². The third kappa shape index (κ3) is 27.9. The molecule has 2 nitrogen and oxygen atoms in total. The van der Waals surface area contributed by atoms with Crippen LogP contribution in [0.5, 0.6) is 0 Å². The van der Waals surface area contributed by atoms with Crippen LogP contribution in [0.4, 0.5) is 0 Å². The molecule has 0 atom stereocenters. The number of rotatable bonds is 27. The average Bonchev–Trinajstić information content (AvgIpc) is 2.76. The number of nitrogens with two attached hydrogens (primary N) is 1. The summed E-state index contributed by atoms with van der Waals surface area (Å²) in [7, 11) is 0. The van der Waals surface area contributed by atoms with E-state index in [9.17, 15) is 0 Å². The zero-order chi connectivity index (χ0) is 21.8. The van der Waals surface area contributed by atoms with Crippen LogP contribution >= 0.6 is 0 Å². The second kappa shape index (κ2) is 28.9. The van der Waals surface area contributed by atoms with Crippen LogP contribution in [0.15, 0.2) is 0 Å². The lowest BCUT2D eigenvalue weighted by Crippen LogP contribution is -2.16. The number of unbranched alkanes of at least 4 members (excludes halogenated alkanes) is 22. The third-order valence-electron chi connectivity index (χ3n) is 6.51. The summed E-state index contributed by atoms with van der Waals surface area (Å²) in [6.07, 6.45) is 34.2. The highest BCUT2D eigenvalue weighted by Gasteiger charge is 1.95. The Morgan fingerprint density at radius 2 is 0.633 bits per heavy atom. The minimum absolute atomic E-state index is 0.868. The van der Waals surface area contributed by atoms with Crippen molar-refractivity contribution >= 4 is 0 Å². The lowest BCUT2D eigenvalue weighted by Gasteiger charge is -2.06. The maximum Gasteiger partial charge on any atom is -0.00489 e. The molecule has 0 heterocycles. The molecule has 3 N–H and O–H groups in total. The molecule has 0 radical (unpaired) electrons. The Morgan fingerprint density at radius 1 is 0.367 bits per heavy atom. The molecule has 0 amide bonds. The van der Waals surface area contributed by atoms with Crippen LogP contribution in [0.3, 0.4) is 0 Å². The Balaban J connectivity index is 2.97. The highest BCUT2D eigenvalue weighted by atomic mass is 14.8. The molecule has 0 aliphatic heterocycles. The van der Waals surface area contributed by atoms with E-state index in [1.807, 2.05) is 0 Å².